The largest absolute Gasteiger partial charge is 0.454 e. The molecule has 1 unspecified atom stereocenters. The third-order valence-corrected chi connectivity index (χ3v) is 6.76. The molecule has 0 bridgehead atoms. The average molecular weight is 527 g/mol. The highest BCUT2D eigenvalue weighted by molar-refractivity contribution is 6.42. The van der Waals surface area contributed by atoms with E-state index in [-0.39, 0.29) is 31.6 Å². The number of likely N-dealkylation sites (N-methyl/N-ethyl adjacent to an activating group) is 1. The number of hydrogen-bond donors (Lipinski definition) is 1. The SMILES string of the molecule is CCNC(=O)C(Cc1ccccc1)N(Cc1ccc(Cl)c(Cl)c1)C(=O)CCc1ccc2c(c1)OCO2. The third-order valence-electron chi connectivity index (χ3n) is 6.02. The van der Waals surface area contributed by atoms with Crippen LogP contribution in [0.5, 0.6) is 11.5 Å². The zero-order valence-electron chi connectivity index (χ0n) is 20.0. The minimum atomic E-state index is -0.689. The first-order valence-corrected chi connectivity index (χ1v) is 12.6. The number of benzene rings is 3. The molecule has 3 aromatic rings. The summed E-state index contributed by atoms with van der Waals surface area (Å²) in [5, 5.41) is 3.74. The summed E-state index contributed by atoms with van der Waals surface area (Å²) in [4.78, 5) is 28.5. The van der Waals surface area contributed by atoms with Crippen molar-refractivity contribution >= 4 is 35.0 Å². The van der Waals surface area contributed by atoms with E-state index in [1.165, 1.54) is 0 Å². The van der Waals surface area contributed by atoms with Crippen molar-refractivity contribution in [1.29, 1.82) is 0 Å². The molecule has 1 aliphatic rings. The van der Waals surface area contributed by atoms with Gasteiger partial charge in [0.1, 0.15) is 6.04 Å². The van der Waals surface area contributed by atoms with E-state index in [1.807, 2.05) is 61.5 Å². The lowest BCUT2D eigenvalue weighted by Gasteiger charge is -2.31. The predicted molar refractivity (Wildman–Crippen MR) is 141 cm³/mol. The van der Waals surface area contributed by atoms with Gasteiger partial charge in [-0.2, -0.15) is 0 Å². The van der Waals surface area contributed by atoms with Gasteiger partial charge in [-0.15, -0.1) is 0 Å². The Morgan fingerprint density at radius 3 is 2.42 bits per heavy atom. The second-order valence-electron chi connectivity index (χ2n) is 8.56. The van der Waals surface area contributed by atoms with Crippen molar-refractivity contribution < 1.29 is 19.1 Å². The molecule has 0 spiro atoms. The Morgan fingerprint density at radius 2 is 1.67 bits per heavy atom. The molecule has 188 valence electrons. The van der Waals surface area contributed by atoms with Gasteiger partial charge in [-0.3, -0.25) is 9.59 Å². The molecular weight excluding hydrogens is 499 g/mol. The summed E-state index contributed by atoms with van der Waals surface area (Å²) in [6.07, 6.45) is 1.12. The van der Waals surface area contributed by atoms with Gasteiger partial charge in [-0.05, 0) is 54.3 Å². The van der Waals surface area contributed by atoms with E-state index < -0.39 is 6.04 Å². The Kier molecular flexibility index (Phi) is 8.73. The highest BCUT2D eigenvalue weighted by Gasteiger charge is 2.30. The monoisotopic (exact) mass is 526 g/mol. The molecule has 0 saturated carbocycles. The summed E-state index contributed by atoms with van der Waals surface area (Å²) < 4.78 is 10.8. The second-order valence-corrected chi connectivity index (χ2v) is 9.37. The summed E-state index contributed by atoms with van der Waals surface area (Å²) in [5.41, 5.74) is 2.72. The number of amides is 2. The number of hydrogen-bond acceptors (Lipinski definition) is 4. The molecule has 8 heteroatoms. The smallest absolute Gasteiger partial charge is 0.243 e. The number of nitrogens with one attached hydrogen (secondary N) is 1. The van der Waals surface area contributed by atoms with Gasteiger partial charge in [0.2, 0.25) is 18.6 Å². The van der Waals surface area contributed by atoms with Gasteiger partial charge in [0, 0.05) is 25.9 Å². The summed E-state index contributed by atoms with van der Waals surface area (Å²) in [5.74, 6) is 1.05. The minimum absolute atomic E-state index is 0.133. The average Bonchev–Trinajstić information content (AvgIpc) is 3.35. The first kappa shape index (κ1) is 25.9. The Hall–Kier alpha value is -3.22. The number of carbonyl (C=O) groups excluding carboxylic acids is 2. The van der Waals surface area contributed by atoms with Gasteiger partial charge in [-0.25, -0.2) is 0 Å². The number of halogens is 2. The number of nitrogens with zero attached hydrogens (tertiary/aromatic N) is 1. The van der Waals surface area contributed by atoms with Crippen LogP contribution in [0.15, 0.2) is 66.7 Å². The first-order valence-electron chi connectivity index (χ1n) is 11.9. The molecule has 0 aromatic heterocycles. The van der Waals surface area contributed by atoms with Gasteiger partial charge < -0.3 is 19.7 Å². The van der Waals surface area contributed by atoms with Crippen LogP contribution in [0.25, 0.3) is 0 Å². The highest BCUT2D eigenvalue weighted by atomic mass is 35.5. The molecule has 0 saturated heterocycles. The molecule has 0 fully saturated rings. The maximum Gasteiger partial charge on any atom is 0.243 e. The molecule has 0 aliphatic carbocycles. The number of ether oxygens (including phenoxy) is 2. The number of carbonyl (C=O) groups is 2. The van der Waals surface area contributed by atoms with E-state index in [0.29, 0.717) is 40.9 Å². The maximum atomic E-state index is 13.7. The Bertz CT molecular complexity index is 1220. The zero-order valence-corrected chi connectivity index (χ0v) is 21.5. The van der Waals surface area contributed by atoms with Gasteiger partial charge in [0.05, 0.1) is 10.0 Å². The van der Waals surface area contributed by atoms with Gasteiger partial charge in [0.15, 0.2) is 11.5 Å². The van der Waals surface area contributed by atoms with Crippen molar-refractivity contribution in [3.8, 4) is 11.5 Å². The van der Waals surface area contributed by atoms with Crippen molar-refractivity contribution in [2.45, 2.75) is 38.8 Å². The van der Waals surface area contributed by atoms with Crippen LogP contribution in [-0.2, 0) is 29.0 Å². The van der Waals surface area contributed by atoms with Crippen LogP contribution in [0, 0.1) is 0 Å². The number of fused-ring (bicyclic) bond motifs is 1. The molecule has 36 heavy (non-hydrogen) atoms. The lowest BCUT2D eigenvalue weighted by molar-refractivity contribution is -0.141. The van der Waals surface area contributed by atoms with Crippen LogP contribution in [-0.4, -0.2) is 36.1 Å². The normalized spacial score (nSPS) is 12.8. The van der Waals surface area contributed by atoms with Crippen molar-refractivity contribution in [3.05, 3.63) is 93.5 Å². The second kappa shape index (κ2) is 12.2. The van der Waals surface area contributed by atoms with Crippen molar-refractivity contribution in [2.24, 2.45) is 0 Å². The standard InChI is InChI=1S/C28H28Cl2N2O4/c1-2-31-28(34)24(15-19-6-4-3-5-7-19)32(17-21-8-11-22(29)23(30)14-21)27(33)13-10-20-9-12-25-26(16-20)36-18-35-25/h3-9,11-12,14,16,24H,2,10,13,15,17-18H2,1H3,(H,31,34). The third kappa shape index (κ3) is 6.50. The van der Waals surface area contributed by atoms with E-state index in [1.54, 1.807) is 17.0 Å². The van der Waals surface area contributed by atoms with E-state index >= 15 is 0 Å². The van der Waals surface area contributed by atoms with Crippen LogP contribution in [0.4, 0.5) is 0 Å². The Labute approximate surface area is 221 Å². The van der Waals surface area contributed by atoms with E-state index in [0.717, 1.165) is 16.7 Å². The van der Waals surface area contributed by atoms with E-state index in [9.17, 15) is 9.59 Å². The van der Waals surface area contributed by atoms with Crippen molar-refractivity contribution in [1.82, 2.24) is 10.2 Å². The molecule has 2 amide bonds. The fourth-order valence-corrected chi connectivity index (χ4v) is 4.49. The summed E-state index contributed by atoms with van der Waals surface area (Å²) in [6.45, 7) is 2.76. The molecule has 6 nitrogen and oxygen atoms in total. The predicted octanol–water partition coefficient (Wildman–Crippen LogP) is 5.43. The topological polar surface area (TPSA) is 67.9 Å². The Balaban J connectivity index is 1.59. The van der Waals surface area contributed by atoms with Crippen LogP contribution >= 0.6 is 23.2 Å². The van der Waals surface area contributed by atoms with Crippen LogP contribution in [0.1, 0.15) is 30.0 Å². The van der Waals surface area contributed by atoms with E-state index in [4.69, 9.17) is 32.7 Å². The quantitative estimate of drug-likeness (QED) is 0.382. The molecule has 4 rings (SSSR count). The Morgan fingerprint density at radius 1 is 0.917 bits per heavy atom. The van der Waals surface area contributed by atoms with Crippen LogP contribution < -0.4 is 14.8 Å². The van der Waals surface area contributed by atoms with Crippen molar-refractivity contribution in [2.75, 3.05) is 13.3 Å². The fraction of sp³-hybridized carbons (Fsp3) is 0.286. The van der Waals surface area contributed by atoms with Gasteiger partial charge in [0.25, 0.3) is 0 Å². The molecule has 1 atom stereocenters. The molecular formula is C28H28Cl2N2O4. The highest BCUT2D eigenvalue weighted by Crippen LogP contribution is 2.33. The lowest BCUT2D eigenvalue weighted by atomic mass is 10.0. The molecule has 3 aromatic carbocycles. The molecule has 0 radical (unpaired) electrons. The van der Waals surface area contributed by atoms with Gasteiger partial charge >= 0.3 is 0 Å². The maximum absolute atomic E-state index is 13.7. The molecule has 1 aliphatic heterocycles. The first-order chi connectivity index (χ1) is 17.4. The van der Waals surface area contributed by atoms with Crippen LogP contribution in [0.2, 0.25) is 10.0 Å². The zero-order chi connectivity index (χ0) is 25.5. The minimum Gasteiger partial charge on any atom is -0.454 e. The van der Waals surface area contributed by atoms with E-state index in [2.05, 4.69) is 5.32 Å². The summed E-state index contributed by atoms with van der Waals surface area (Å²) in [6, 6.07) is 19.9. The summed E-state index contributed by atoms with van der Waals surface area (Å²) in [7, 11) is 0. The molecule has 1 N–H and O–H groups in total. The van der Waals surface area contributed by atoms with Gasteiger partial charge in [-0.1, -0.05) is 65.7 Å². The number of aryl methyl sites for hydroxylation is 1. The van der Waals surface area contributed by atoms with Crippen LogP contribution in [0.3, 0.4) is 0 Å². The summed E-state index contributed by atoms with van der Waals surface area (Å²) >= 11 is 12.4. The molecule has 1 heterocycles. The lowest BCUT2D eigenvalue weighted by Crippen LogP contribution is -2.50. The fourth-order valence-electron chi connectivity index (χ4n) is 4.17. The number of rotatable bonds is 10. The van der Waals surface area contributed by atoms with Crippen molar-refractivity contribution in [3.63, 3.8) is 0 Å².